The molecule has 4 heteroatoms. The molecule has 2 heterocycles. The van der Waals surface area contributed by atoms with E-state index in [0.717, 1.165) is 42.7 Å². The number of fused-ring (bicyclic) bond motifs is 1. The minimum Gasteiger partial charge on any atom is -0.493 e. The maximum atomic E-state index is 10.2. The third kappa shape index (κ3) is 2.35. The van der Waals surface area contributed by atoms with Crippen molar-refractivity contribution in [3.8, 4) is 5.75 Å². The number of hydrogen-bond donors (Lipinski definition) is 1. The lowest BCUT2D eigenvalue weighted by Crippen LogP contribution is -2.27. The SMILES string of the molecule is OC(Cc1cc(Cl)cc2c1OCC2)C1CCCO1. The van der Waals surface area contributed by atoms with Gasteiger partial charge in [-0.1, -0.05) is 11.6 Å². The van der Waals surface area contributed by atoms with Crippen LogP contribution in [0.15, 0.2) is 12.1 Å². The highest BCUT2D eigenvalue weighted by atomic mass is 35.5. The van der Waals surface area contributed by atoms with Gasteiger partial charge < -0.3 is 14.6 Å². The number of hydrogen-bond acceptors (Lipinski definition) is 3. The second-order valence-corrected chi connectivity index (χ2v) is 5.41. The Hall–Kier alpha value is -0.770. The molecule has 0 radical (unpaired) electrons. The van der Waals surface area contributed by atoms with Crippen molar-refractivity contribution in [2.45, 2.75) is 37.9 Å². The van der Waals surface area contributed by atoms with E-state index in [1.165, 1.54) is 0 Å². The van der Waals surface area contributed by atoms with Crippen LogP contribution in [0.3, 0.4) is 0 Å². The van der Waals surface area contributed by atoms with Crippen molar-refractivity contribution in [2.75, 3.05) is 13.2 Å². The fourth-order valence-corrected chi connectivity index (χ4v) is 3.02. The lowest BCUT2D eigenvalue weighted by atomic mass is 9.99. The van der Waals surface area contributed by atoms with Crippen molar-refractivity contribution in [3.05, 3.63) is 28.3 Å². The molecule has 1 aromatic rings. The second-order valence-electron chi connectivity index (χ2n) is 4.97. The van der Waals surface area contributed by atoms with Crippen LogP contribution in [0, 0.1) is 0 Å². The molecule has 0 aliphatic carbocycles. The van der Waals surface area contributed by atoms with Gasteiger partial charge in [-0.15, -0.1) is 0 Å². The largest absolute Gasteiger partial charge is 0.493 e. The van der Waals surface area contributed by atoms with E-state index in [4.69, 9.17) is 21.1 Å². The maximum absolute atomic E-state index is 10.2. The molecule has 1 aromatic carbocycles. The summed E-state index contributed by atoms with van der Waals surface area (Å²) in [6, 6.07) is 3.84. The molecule has 1 saturated heterocycles. The Kier molecular flexibility index (Phi) is 3.46. The lowest BCUT2D eigenvalue weighted by Gasteiger charge is -2.18. The summed E-state index contributed by atoms with van der Waals surface area (Å²) in [5.41, 5.74) is 2.15. The molecule has 0 bridgehead atoms. The average molecular weight is 269 g/mol. The summed E-state index contributed by atoms with van der Waals surface area (Å²) in [4.78, 5) is 0. The van der Waals surface area contributed by atoms with Gasteiger partial charge in [0.15, 0.2) is 0 Å². The van der Waals surface area contributed by atoms with E-state index in [1.807, 2.05) is 12.1 Å². The van der Waals surface area contributed by atoms with E-state index in [9.17, 15) is 5.11 Å². The number of rotatable bonds is 3. The van der Waals surface area contributed by atoms with Crippen LogP contribution in [-0.2, 0) is 17.6 Å². The van der Waals surface area contributed by atoms with Crippen LogP contribution in [0.4, 0.5) is 0 Å². The summed E-state index contributed by atoms with van der Waals surface area (Å²) in [5.74, 6) is 0.913. The summed E-state index contributed by atoms with van der Waals surface area (Å²) in [5, 5.41) is 10.9. The highest BCUT2D eigenvalue weighted by molar-refractivity contribution is 6.30. The van der Waals surface area contributed by atoms with Crippen molar-refractivity contribution >= 4 is 11.6 Å². The predicted molar refractivity (Wildman–Crippen MR) is 69.3 cm³/mol. The third-order valence-corrected chi connectivity index (χ3v) is 3.87. The molecule has 18 heavy (non-hydrogen) atoms. The van der Waals surface area contributed by atoms with Gasteiger partial charge in [-0.05, 0) is 36.1 Å². The lowest BCUT2D eigenvalue weighted by molar-refractivity contribution is -0.000996. The third-order valence-electron chi connectivity index (χ3n) is 3.65. The molecule has 0 spiro atoms. The molecule has 2 aliphatic heterocycles. The maximum Gasteiger partial charge on any atom is 0.126 e. The van der Waals surface area contributed by atoms with E-state index in [1.54, 1.807) is 0 Å². The molecule has 0 amide bonds. The molecule has 0 saturated carbocycles. The van der Waals surface area contributed by atoms with E-state index < -0.39 is 6.10 Å². The summed E-state index contributed by atoms with van der Waals surface area (Å²) in [6.45, 7) is 1.46. The van der Waals surface area contributed by atoms with Gasteiger partial charge in [0.05, 0.1) is 18.8 Å². The molecule has 1 N–H and O–H groups in total. The first kappa shape index (κ1) is 12.3. The first-order valence-electron chi connectivity index (χ1n) is 6.48. The number of aliphatic hydroxyl groups is 1. The molecule has 1 fully saturated rings. The Balaban J connectivity index is 1.79. The second kappa shape index (κ2) is 5.08. The number of aliphatic hydroxyl groups excluding tert-OH is 1. The molecule has 2 unspecified atom stereocenters. The summed E-state index contributed by atoms with van der Waals surface area (Å²) >= 11 is 6.10. The Bertz CT molecular complexity index is 441. The quantitative estimate of drug-likeness (QED) is 0.915. The van der Waals surface area contributed by atoms with E-state index in [-0.39, 0.29) is 6.10 Å². The number of ether oxygens (including phenoxy) is 2. The van der Waals surface area contributed by atoms with Crippen LogP contribution in [0.1, 0.15) is 24.0 Å². The highest BCUT2D eigenvalue weighted by Crippen LogP contribution is 2.34. The normalized spacial score (nSPS) is 23.8. The van der Waals surface area contributed by atoms with Gasteiger partial charge in [0.25, 0.3) is 0 Å². The van der Waals surface area contributed by atoms with Crippen molar-refractivity contribution in [1.29, 1.82) is 0 Å². The zero-order valence-corrected chi connectivity index (χ0v) is 10.9. The Morgan fingerprint density at radius 1 is 1.39 bits per heavy atom. The predicted octanol–water partition coefficient (Wildman–Crippen LogP) is 2.36. The molecule has 2 aliphatic rings. The van der Waals surface area contributed by atoms with E-state index in [2.05, 4.69) is 0 Å². The number of benzene rings is 1. The summed E-state index contributed by atoms with van der Waals surface area (Å²) in [6.07, 6.45) is 2.91. The first-order valence-corrected chi connectivity index (χ1v) is 6.85. The smallest absolute Gasteiger partial charge is 0.126 e. The van der Waals surface area contributed by atoms with Crippen LogP contribution in [0.2, 0.25) is 5.02 Å². The monoisotopic (exact) mass is 268 g/mol. The zero-order valence-electron chi connectivity index (χ0n) is 10.2. The first-order chi connectivity index (χ1) is 8.74. The van der Waals surface area contributed by atoms with Crippen molar-refractivity contribution in [1.82, 2.24) is 0 Å². The fraction of sp³-hybridized carbons (Fsp3) is 0.571. The highest BCUT2D eigenvalue weighted by Gasteiger charge is 2.26. The van der Waals surface area contributed by atoms with Gasteiger partial charge in [-0.2, -0.15) is 0 Å². The van der Waals surface area contributed by atoms with Crippen molar-refractivity contribution in [2.24, 2.45) is 0 Å². The van der Waals surface area contributed by atoms with Gasteiger partial charge >= 0.3 is 0 Å². The van der Waals surface area contributed by atoms with Crippen molar-refractivity contribution in [3.63, 3.8) is 0 Å². The van der Waals surface area contributed by atoms with E-state index >= 15 is 0 Å². The van der Waals surface area contributed by atoms with Crippen LogP contribution >= 0.6 is 11.6 Å². The number of halogens is 1. The van der Waals surface area contributed by atoms with Crippen LogP contribution < -0.4 is 4.74 Å². The average Bonchev–Trinajstić information content (AvgIpc) is 2.98. The van der Waals surface area contributed by atoms with Crippen molar-refractivity contribution < 1.29 is 14.6 Å². The van der Waals surface area contributed by atoms with Gasteiger partial charge in [-0.25, -0.2) is 0 Å². The Morgan fingerprint density at radius 2 is 2.28 bits per heavy atom. The molecular weight excluding hydrogens is 252 g/mol. The zero-order chi connectivity index (χ0) is 12.5. The van der Waals surface area contributed by atoms with E-state index in [0.29, 0.717) is 18.1 Å². The molecule has 0 aromatic heterocycles. The fourth-order valence-electron chi connectivity index (χ4n) is 2.76. The van der Waals surface area contributed by atoms with Crippen LogP contribution in [0.5, 0.6) is 5.75 Å². The minimum atomic E-state index is -0.473. The van der Waals surface area contributed by atoms with Gasteiger partial charge in [0.1, 0.15) is 5.75 Å². The molecule has 2 atom stereocenters. The summed E-state index contributed by atoms with van der Waals surface area (Å²) in [7, 11) is 0. The van der Waals surface area contributed by atoms with Gasteiger partial charge in [0, 0.05) is 24.5 Å². The van der Waals surface area contributed by atoms with Crippen LogP contribution in [0.25, 0.3) is 0 Å². The standard InChI is InChI=1S/C14H17ClO3/c15-11-6-9-3-5-18-14(9)10(7-11)8-12(16)13-2-1-4-17-13/h6-7,12-13,16H,1-5,8H2. The molecular formula is C14H17ClO3. The topological polar surface area (TPSA) is 38.7 Å². The Morgan fingerprint density at radius 3 is 3.06 bits per heavy atom. The van der Waals surface area contributed by atoms with Gasteiger partial charge in [-0.3, -0.25) is 0 Å². The van der Waals surface area contributed by atoms with Crippen LogP contribution in [-0.4, -0.2) is 30.5 Å². The van der Waals surface area contributed by atoms with Gasteiger partial charge in [0.2, 0.25) is 0 Å². The molecule has 3 nitrogen and oxygen atoms in total. The minimum absolute atomic E-state index is 0.0407. The summed E-state index contributed by atoms with van der Waals surface area (Å²) < 4.78 is 11.2. The molecule has 3 rings (SSSR count). The molecule has 98 valence electrons. The Labute approximate surface area is 112 Å².